The van der Waals surface area contributed by atoms with Crippen LogP contribution in [0.5, 0.6) is 5.75 Å². The Kier molecular flexibility index (Phi) is 5.96. The fourth-order valence-corrected chi connectivity index (χ4v) is 5.40. The molecule has 0 radical (unpaired) electrons. The van der Waals surface area contributed by atoms with E-state index in [1.807, 2.05) is 35.2 Å². The van der Waals surface area contributed by atoms with Crippen LogP contribution in [0.25, 0.3) is 10.2 Å². The Hall–Kier alpha value is -2.25. The Bertz CT molecular complexity index is 1010. The van der Waals surface area contributed by atoms with Gasteiger partial charge < -0.3 is 14.5 Å². The zero-order valence-corrected chi connectivity index (χ0v) is 18.6. The van der Waals surface area contributed by atoms with Gasteiger partial charge in [-0.2, -0.15) is 0 Å². The topological polar surface area (TPSA) is 45.7 Å². The summed E-state index contributed by atoms with van der Waals surface area (Å²) in [5.41, 5.74) is 1.68. The van der Waals surface area contributed by atoms with E-state index in [1.165, 1.54) is 0 Å². The fraction of sp³-hybridized carbons (Fsp3) is 0.364. The van der Waals surface area contributed by atoms with E-state index in [2.05, 4.69) is 30.9 Å². The molecule has 1 amide bonds. The van der Waals surface area contributed by atoms with Crippen LogP contribution in [-0.4, -0.2) is 54.3 Å². The molecule has 0 bridgehead atoms. The van der Waals surface area contributed by atoms with E-state index in [0.717, 1.165) is 44.6 Å². The van der Waals surface area contributed by atoms with E-state index in [9.17, 15) is 4.79 Å². The molecular formula is C22H25N3O2S2. The Morgan fingerprint density at radius 1 is 1.14 bits per heavy atom. The standard InChI is InChI=1S/C22H25N3O2S2/c1-15(2)28-17-7-4-6-16(14-17)21(26)24-10-12-25(13-11-24)22-23-20-18(27-3)8-5-9-19(20)29-22/h4-9,14-15H,10-13H2,1-3H3. The number of hydrogen-bond acceptors (Lipinski definition) is 6. The molecule has 1 aliphatic rings. The molecular weight excluding hydrogens is 402 g/mol. The molecule has 1 fully saturated rings. The molecule has 1 aromatic heterocycles. The lowest BCUT2D eigenvalue weighted by Crippen LogP contribution is -2.48. The molecule has 29 heavy (non-hydrogen) atoms. The predicted molar refractivity (Wildman–Crippen MR) is 122 cm³/mol. The van der Waals surface area contributed by atoms with Gasteiger partial charge in [-0.3, -0.25) is 4.79 Å². The number of methoxy groups -OCH3 is 1. The number of ether oxygens (including phenoxy) is 1. The molecule has 2 aromatic carbocycles. The number of thioether (sulfide) groups is 1. The van der Waals surface area contributed by atoms with Gasteiger partial charge >= 0.3 is 0 Å². The van der Waals surface area contributed by atoms with Crippen molar-refractivity contribution in [2.45, 2.75) is 24.0 Å². The second-order valence-electron chi connectivity index (χ2n) is 7.28. The summed E-state index contributed by atoms with van der Waals surface area (Å²) >= 11 is 3.46. The van der Waals surface area contributed by atoms with Crippen LogP contribution in [0.1, 0.15) is 24.2 Å². The number of carbonyl (C=O) groups excluding carboxylic acids is 1. The molecule has 3 aromatic rings. The van der Waals surface area contributed by atoms with E-state index in [0.29, 0.717) is 18.3 Å². The van der Waals surface area contributed by atoms with Gasteiger partial charge in [0.25, 0.3) is 5.91 Å². The van der Waals surface area contributed by atoms with Gasteiger partial charge in [0, 0.05) is 41.9 Å². The molecule has 7 heteroatoms. The normalized spacial score (nSPS) is 14.6. The minimum Gasteiger partial charge on any atom is -0.494 e. The molecule has 0 N–H and O–H groups in total. The van der Waals surface area contributed by atoms with Crippen LogP contribution >= 0.6 is 23.1 Å². The molecule has 2 heterocycles. The number of piperazine rings is 1. The first-order valence-electron chi connectivity index (χ1n) is 9.79. The Balaban J connectivity index is 1.44. The third-order valence-electron chi connectivity index (χ3n) is 4.88. The van der Waals surface area contributed by atoms with Crippen LogP contribution in [0.3, 0.4) is 0 Å². The Labute approximate surface area is 179 Å². The van der Waals surface area contributed by atoms with Crippen molar-refractivity contribution in [1.82, 2.24) is 9.88 Å². The number of aromatic nitrogens is 1. The molecule has 0 atom stereocenters. The third kappa shape index (κ3) is 4.36. The van der Waals surface area contributed by atoms with Crippen molar-refractivity contribution in [1.29, 1.82) is 0 Å². The highest BCUT2D eigenvalue weighted by Gasteiger charge is 2.24. The number of fused-ring (bicyclic) bond motifs is 1. The number of amides is 1. The quantitative estimate of drug-likeness (QED) is 0.549. The van der Waals surface area contributed by atoms with Crippen molar-refractivity contribution in [3.63, 3.8) is 0 Å². The Morgan fingerprint density at radius 2 is 1.90 bits per heavy atom. The van der Waals surface area contributed by atoms with Gasteiger partial charge in [-0.25, -0.2) is 4.98 Å². The molecule has 5 nitrogen and oxygen atoms in total. The van der Waals surface area contributed by atoms with Crippen LogP contribution in [-0.2, 0) is 0 Å². The number of thiazole rings is 1. The monoisotopic (exact) mass is 427 g/mol. The second kappa shape index (κ2) is 8.63. The number of rotatable bonds is 5. The van der Waals surface area contributed by atoms with E-state index < -0.39 is 0 Å². The summed E-state index contributed by atoms with van der Waals surface area (Å²) in [6.45, 7) is 7.30. The van der Waals surface area contributed by atoms with Crippen LogP contribution in [0.15, 0.2) is 47.4 Å². The second-order valence-corrected chi connectivity index (χ2v) is 9.94. The molecule has 0 unspecified atom stereocenters. The van der Waals surface area contributed by atoms with Crippen LogP contribution in [0.4, 0.5) is 5.13 Å². The smallest absolute Gasteiger partial charge is 0.254 e. The highest BCUT2D eigenvalue weighted by atomic mass is 32.2. The lowest BCUT2D eigenvalue weighted by Gasteiger charge is -2.34. The zero-order chi connectivity index (χ0) is 20.4. The lowest BCUT2D eigenvalue weighted by atomic mass is 10.2. The lowest BCUT2D eigenvalue weighted by molar-refractivity contribution is 0.0746. The molecule has 1 aliphatic heterocycles. The van der Waals surface area contributed by atoms with Crippen molar-refractivity contribution in [2.75, 3.05) is 38.2 Å². The van der Waals surface area contributed by atoms with Gasteiger partial charge in [0.1, 0.15) is 11.3 Å². The summed E-state index contributed by atoms with van der Waals surface area (Å²) in [6, 6.07) is 14.0. The van der Waals surface area contributed by atoms with Gasteiger partial charge in [-0.05, 0) is 30.3 Å². The first-order valence-corrected chi connectivity index (χ1v) is 11.5. The maximum absolute atomic E-state index is 13.0. The van der Waals surface area contributed by atoms with Gasteiger partial charge in [-0.1, -0.05) is 37.3 Å². The maximum Gasteiger partial charge on any atom is 0.254 e. The summed E-state index contributed by atoms with van der Waals surface area (Å²) in [4.78, 5) is 23.1. The molecule has 1 saturated heterocycles. The number of benzene rings is 2. The minimum atomic E-state index is 0.113. The Morgan fingerprint density at radius 3 is 2.62 bits per heavy atom. The average molecular weight is 428 g/mol. The number of nitrogens with zero attached hydrogens (tertiary/aromatic N) is 3. The van der Waals surface area contributed by atoms with Gasteiger partial charge in [0.15, 0.2) is 5.13 Å². The van der Waals surface area contributed by atoms with Gasteiger partial charge in [0.2, 0.25) is 0 Å². The summed E-state index contributed by atoms with van der Waals surface area (Å²) < 4.78 is 6.55. The first kappa shape index (κ1) is 20.0. The van der Waals surface area contributed by atoms with Crippen molar-refractivity contribution in [3.05, 3.63) is 48.0 Å². The minimum absolute atomic E-state index is 0.113. The van der Waals surface area contributed by atoms with Gasteiger partial charge in [0.05, 0.1) is 11.8 Å². The molecule has 0 saturated carbocycles. The first-order chi connectivity index (χ1) is 14.0. The molecule has 0 spiro atoms. The summed E-state index contributed by atoms with van der Waals surface area (Å²) in [5, 5.41) is 1.49. The van der Waals surface area contributed by atoms with Crippen LogP contribution < -0.4 is 9.64 Å². The molecule has 4 rings (SSSR count). The average Bonchev–Trinajstić information content (AvgIpc) is 3.17. The summed E-state index contributed by atoms with van der Waals surface area (Å²) in [5.74, 6) is 0.916. The third-order valence-corrected chi connectivity index (χ3v) is 6.96. The van der Waals surface area contributed by atoms with Crippen molar-refractivity contribution < 1.29 is 9.53 Å². The number of carbonyl (C=O) groups is 1. The van der Waals surface area contributed by atoms with Crippen LogP contribution in [0, 0.1) is 0 Å². The van der Waals surface area contributed by atoms with E-state index in [4.69, 9.17) is 9.72 Å². The molecule has 152 valence electrons. The van der Waals surface area contributed by atoms with Crippen molar-refractivity contribution in [3.8, 4) is 5.75 Å². The number of hydrogen-bond donors (Lipinski definition) is 0. The maximum atomic E-state index is 13.0. The van der Waals surface area contributed by atoms with E-state index >= 15 is 0 Å². The summed E-state index contributed by atoms with van der Waals surface area (Å²) in [6.07, 6.45) is 0. The largest absolute Gasteiger partial charge is 0.494 e. The molecule has 0 aliphatic carbocycles. The number of para-hydroxylation sites is 1. The fourth-order valence-electron chi connectivity index (χ4n) is 3.47. The van der Waals surface area contributed by atoms with E-state index in [-0.39, 0.29) is 5.91 Å². The summed E-state index contributed by atoms with van der Waals surface area (Å²) in [7, 11) is 1.67. The van der Waals surface area contributed by atoms with E-state index in [1.54, 1.807) is 30.2 Å². The zero-order valence-electron chi connectivity index (χ0n) is 16.9. The van der Waals surface area contributed by atoms with Crippen molar-refractivity contribution in [2.24, 2.45) is 0 Å². The number of anilines is 1. The van der Waals surface area contributed by atoms with Crippen molar-refractivity contribution >= 4 is 44.4 Å². The highest BCUT2D eigenvalue weighted by molar-refractivity contribution is 7.99. The predicted octanol–water partition coefficient (Wildman–Crippen LogP) is 4.77. The van der Waals surface area contributed by atoms with Gasteiger partial charge in [-0.15, -0.1) is 11.8 Å². The SMILES string of the molecule is COc1cccc2sc(N3CCN(C(=O)c4cccc(SC(C)C)c4)CC3)nc12. The highest BCUT2D eigenvalue weighted by Crippen LogP contribution is 2.34. The van der Waals surface area contributed by atoms with Crippen LogP contribution in [0.2, 0.25) is 0 Å².